The van der Waals surface area contributed by atoms with Crippen LogP contribution in [0.5, 0.6) is 0 Å². The highest BCUT2D eigenvalue weighted by Gasteiger charge is 2.37. The number of carbonyl (C=O) groups is 1. The van der Waals surface area contributed by atoms with Crippen molar-refractivity contribution in [1.82, 2.24) is 9.47 Å². The van der Waals surface area contributed by atoms with Gasteiger partial charge in [-0.05, 0) is 44.4 Å². The fraction of sp³-hybridized carbons (Fsp3) is 0.360. The van der Waals surface area contributed by atoms with Gasteiger partial charge in [-0.15, -0.1) is 0 Å². The van der Waals surface area contributed by atoms with Crippen LogP contribution in [0, 0.1) is 13.8 Å². The number of carbonyl (C=O) groups excluding carboxylic acids is 1. The Kier molecular flexibility index (Phi) is 5.84. The molecule has 1 atom stereocenters. The van der Waals surface area contributed by atoms with Crippen LogP contribution in [0.1, 0.15) is 35.2 Å². The predicted molar refractivity (Wildman–Crippen MR) is 118 cm³/mol. The molecule has 0 aliphatic carbocycles. The number of halogens is 3. The molecule has 2 heterocycles. The molecule has 1 saturated heterocycles. The van der Waals surface area contributed by atoms with Crippen LogP contribution in [-0.4, -0.2) is 28.0 Å². The van der Waals surface area contributed by atoms with Crippen LogP contribution in [0.25, 0.3) is 10.9 Å². The van der Waals surface area contributed by atoms with Gasteiger partial charge < -0.3 is 9.47 Å². The Morgan fingerprint density at radius 3 is 2.41 bits per heavy atom. The number of hydrogen-bond acceptors (Lipinski definition) is 2. The number of aryl methyl sites for hydroxylation is 2. The number of likely N-dealkylation sites (tertiary alicyclic amines) is 1. The fourth-order valence-corrected chi connectivity index (χ4v) is 4.47. The van der Waals surface area contributed by atoms with Gasteiger partial charge >= 0.3 is 6.18 Å². The van der Waals surface area contributed by atoms with Crippen LogP contribution >= 0.6 is 0 Å². The van der Waals surface area contributed by atoms with Gasteiger partial charge in [-0.3, -0.25) is 9.59 Å². The second-order valence-electron chi connectivity index (χ2n) is 8.57. The molecule has 0 bridgehead atoms. The highest BCUT2D eigenvalue weighted by Crippen LogP contribution is 2.32. The van der Waals surface area contributed by atoms with Crippen molar-refractivity contribution in [2.24, 2.45) is 0 Å². The number of aromatic nitrogens is 1. The van der Waals surface area contributed by atoms with Crippen LogP contribution in [0.4, 0.5) is 13.2 Å². The van der Waals surface area contributed by atoms with E-state index in [1.54, 1.807) is 30.0 Å². The molecule has 1 aromatic heterocycles. The highest BCUT2D eigenvalue weighted by molar-refractivity contribution is 5.81. The van der Waals surface area contributed by atoms with Gasteiger partial charge in [-0.25, -0.2) is 0 Å². The topological polar surface area (TPSA) is 42.3 Å². The average molecular weight is 442 g/mol. The monoisotopic (exact) mass is 442 g/mol. The molecule has 3 aromatic rings. The number of amides is 1. The van der Waals surface area contributed by atoms with Gasteiger partial charge in [0.05, 0.1) is 11.9 Å². The number of hydrogen-bond donors (Lipinski definition) is 0. The lowest BCUT2D eigenvalue weighted by Crippen LogP contribution is -2.40. The molecule has 0 saturated carbocycles. The molecule has 4 rings (SSSR count). The van der Waals surface area contributed by atoms with Gasteiger partial charge in [-0.2, -0.15) is 13.2 Å². The molecule has 0 unspecified atom stereocenters. The third-order valence-corrected chi connectivity index (χ3v) is 6.12. The molecule has 0 spiro atoms. The van der Waals surface area contributed by atoms with E-state index in [2.05, 4.69) is 0 Å². The van der Waals surface area contributed by atoms with E-state index in [9.17, 15) is 22.8 Å². The number of pyridine rings is 1. The first-order valence-electron chi connectivity index (χ1n) is 10.7. The molecule has 168 valence electrons. The Balaban J connectivity index is 1.68. The predicted octanol–water partition coefficient (Wildman–Crippen LogP) is 4.87. The quantitative estimate of drug-likeness (QED) is 0.579. The molecule has 1 fully saturated rings. The zero-order valence-electron chi connectivity index (χ0n) is 18.1. The number of fused-ring (bicyclic) bond motifs is 1. The molecular formula is C25H25F3N2O2. The van der Waals surface area contributed by atoms with E-state index >= 15 is 0 Å². The lowest BCUT2D eigenvalue weighted by Gasteiger charge is -2.28. The first-order chi connectivity index (χ1) is 15.1. The summed E-state index contributed by atoms with van der Waals surface area (Å²) in [6.45, 7) is 4.28. The maximum Gasteiger partial charge on any atom is 0.431 e. The maximum atomic E-state index is 13.8. The summed E-state index contributed by atoms with van der Waals surface area (Å²) < 4.78 is 42.7. The summed E-state index contributed by atoms with van der Waals surface area (Å²) >= 11 is 0. The van der Waals surface area contributed by atoms with E-state index in [4.69, 9.17) is 0 Å². The molecule has 0 radical (unpaired) electrons. The zero-order chi connectivity index (χ0) is 23.0. The molecule has 1 aliphatic heterocycles. The zero-order valence-corrected chi connectivity index (χ0v) is 18.1. The fourth-order valence-electron chi connectivity index (χ4n) is 4.47. The second-order valence-corrected chi connectivity index (χ2v) is 8.57. The smallest absolute Gasteiger partial charge is 0.338 e. The second kappa shape index (κ2) is 8.45. The van der Waals surface area contributed by atoms with Gasteiger partial charge in [0.15, 0.2) is 5.43 Å². The Labute approximate surface area is 184 Å². The molecule has 2 aromatic carbocycles. The highest BCUT2D eigenvalue weighted by atomic mass is 19.4. The van der Waals surface area contributed by atoms with Crippen LogP contribution < -0.4 is 5.43 Å². The lowest BCUT2D eigenvalue weighted by atomic mass is 10.1. The van der Waals surface area contributed by atoms with Crippen LogP contribution in [0.3, 0.4) is 0 Å². The maximum absolute atomic E-state index is 13.8. The van der Waals surface area contributed by atoms with Gasteiger partial charge in [0.25, 0.3) is 0 Å². The number of rotatable bonds is 4. The van der Waals surface area contributed by atoms with Crippen LogP contribution in [0.15, 0.2) is 53.3 Å². The van der Waals surface area contributed by atoms with Crippen LogP contribution in [-0.2, 0) is 23.9 Å². The number of nitrogens with zero attached hydrogens (tertiary/aromatic N) is 2. The number of alkyl halides is 3. The summed E-state index contributed by atoms with van der Waals surface area (Å²) in [5.74, 6) is -0.0916. The molecule has 32 heavy (non-hydrogen) atoms. The van der Waals surface area contributed by atoms with Gasteiger partial charge in [0.2, 0.25) is 5.91 Å². The SMILES string of the molecule is Cc1ccc(CC(=O)N2CCC[C@@H]2Cn2c(C(F)(F)F)cc(=O)c3cc(C)ccc32)cc1. The van der Waals surface area contributed by atoms with Crippen molar-refractivity contribution < 1.29 is 18.0 Å². The molecule has 1 amide bonds. The summed E-state index contributed by atoms with van der Waals surface area (Å²) in [6, 6.07) is 12.9. The molecular weight excluding hydrogens is 417 g/mol. The third-order valence-electron chi connectivity index (χ3n) is 6.12. The molecule has 1 aliphatic rings. The standard InChI is InChI=1S/C25H25F3N2O2/c1-16-5-8-18(9-6-16)13-24(32)29-11-3-4-19(29)15-30-21-10-7-17(2)12-20(21)22(31)14-23(30)25(26,27)28/h5-10,12,14,19H,3-4,11,13,15H2,1-2H3/t19-/m1/s1. The van der Waals surface area contributed by atoms with E-state index in [0.29, 0.717) is 19.0 Å². The Hall–Kier alpha value is -3.09. The molecule has 7 heteroatoms. The largest absolute Gasteiger partial charge is 0.431 e. The Bertz CT molecular complexity index is 1210. The van der Waals surface area contributed by atoms with E-state index in [1.807, 2.05) is 31.2 Å². The average Bonchev–Trinajstić information content (AvgIpc) is 3.19. The Morgan fingerprint density at radius 1 is 1.03 bits per heavy atom. The van der Waals surface area contributed by atoms with Crippen LogP contribution in [0.2, 0.25) is 0 Å². The van der Waals surface area contributed by atoms with Gasteiger partial charge in [-0.1, -0.05) is 41.5 Å². The summed E-state index contributed by atoms with van der Waals surface area (Å²) in [5.41, 5.74) is 1.40. The van der Waals surface area contributed by atoms with Crippen molar-refractivity contribution in [1.29, 1.82) is 0 Å². The van der Waals surface area contributed by atoms with E-state index < -0.39 is 17.3 Å². The Morgan fingerprint density at radius 2 is 1.72 bits per heavy atom. The van der Waals surface area contributed by atoms with Gasteiger partial charge in [0, 0.05) is 30.6 Å². The third kappa shape index (κ3) is 4.42. The van der Waals surface area contributed by atoms with Crippen molar-refractivity contribution in [2.45, 2.75) is 51.9 Å². The van der Waals surface area contributed by atoms with Crippen molar-refractivity contribution in [3.05, 3.63) is 81.1 Å². The van der Waals surface area contributed by atoms with E-state index in [1.165, 1.54) is 0 Å². The number of benzene rings is 2. The minimum atomic E-state index is -4.67. The molecule has 4 nitrogen and oxygen atoms in total. The van der Waals surface area contributed by atoms with E-state index in [0.717, 1.165) is 27.7 Å². The minimum Gasteiger partial charge on any atom is -0.338 e. The summed E-state index contributed by atoms with van der Waals surface area (Å²) in [5, 5.41) is 0.258. The normalized spacial score (nSPS) is 16.7. The first kappa shape index (κ1) is 22.1. The molecule has 0 N–H and O–H groups in total. The van der Waals surface area contributed by atoms with Crippen molar-refractivity contribution in [2.75, 3.05) is 6.54 Å². The minimum absolute atomic E-state index is 0.00563. The summed E-state index contributed by atoms with van der Waals surface area (Å²) in [7, 11) is 0. The lowest BCUT2D eigenvalue weighted by molar-refractivity contribution is -0.144. The van der Waals surface area contributed by atoms with E-state index in [-0.39, 0.29) is 35.8 Å². The van der Waals surface area contributed by atoms with Crippen molar-refractivity contribution >= 4 is 16.8 Å². The first-order valence-corrected chi connectivity index (χ1v) is 10.7. The summed E-state index contributed by atoms with van der Waals surface area (Å²) in [4.78, 5) is 27.1. The van der Waals surface area contributed by atoms with Crippen molar-refractivity contribution in [3.63, 3.8) is 0 Å². The summed E-state index contributed by atoms with van der Waals surface area (Å²) in [6.07, 6.45) is -3.10. The van der Waals surface area contributed by atoms with Crippen molar-refractivity contribution in [3.8, 4) is 0 Å². The van der Waals surface area contributed by atoms with Gasteiger partial charge in [0.1, 0.15) is 5.69 Å².